The van der Waals surface area contributed by atoms with Gasteiger partial charge in [0.2, 0.25) is 0 Å². The first-order chi connectivity index (χ1) is 9.77. The molecule has 1 aromatic carbocycles. The summed E-state index contributed by atoms with van der Waals surface area (Å²) in [7, 11) is 0. The lowest BCUT2D eigenvalue weighted by Crippen LogP contribution is -2.35. The highest BCUT2D eigenvalue weighted by Gasteiger charge is 2.38. The van der Waals surface area contributed by atoms with Crippen LogP contribution >= 0.6 is 39.1 Å². The predicted molar refractivity (Wildman–Crippen MR) is 97.8 cm³/mol. The van der Waals surface area contributed by atoms with Gasteiger partial charge < -0.3 is 0 Å². The first kappa shape index (κ1) is 17.6. The summed E-state index contributed by atoms with van der Waals surface area (Å²) in [6.45, 7) is 7.09. The summed E-state index contributed by atoms with van der Waals surface area (Å²) in [5, 5.41) is 2.64. The number of alkyl halides is 1. The molecule has 0 saturated heterocycles. The van der Waals surface area contributed by atoms with E-state index in [0.717, 1.165) is 33.3 Å². The fraction of sp³-hybridized carbons (Fsp3) is 0.667. The number of hydrogen-bond donors (Lipinski definition) is 0. The largest absolute Gasteiger partial charge is 0.0922 e. The van der Waals surface area contributed by atoms with Crippen LogP contribution in [0.3, 0.4) is 0 Å². The molecule has 0 atom stereocenters. The van der Waals surface area contributed by atoms with E-state index in [1.165, 1.54) is 25.7 Å². The standard InChI is InChI=1S/C18H25BrCl2/c1-17(2,3)13-7-9-18(12-19,10-8-13)11-14-15(20)5-4-6-16(14)21/h4-6,13H,7-12H2,1-3H3. The lowest BCUT2D eigenvalue weighted by atomic mass is 9.63. The summed E-state index contributed by atoms with van der Waals surface area (Å²) in [4.78, 5) is 0. The van der Waals surface area contributed by atoms with Gasteiger partial charge in [-0.15, -0.1) is 0 Å². The van der Waals surface area contributed by atoms with E-state index in [2.05, 4.69) is 36.7 Å². The number of rotatable bonds is 3. The van der Waals surface area contributed by atoms with Crippen LogP contribution in [0.2, 0.25) is 10.0 Å². The minimum Gasteiger partial charge on any atom is -0.0922 e. The van der Waals surface area contributed by atoms with Crippen LogP contribution in [0.25, 0.3) is 0 Å². The molecule has 21 heavy (non-hydrogen) atoms. The monoisotopic (exact) mass is 390 g/mol. The Morgan fingerprint density at radius 2 is 1.67 bits per heavy atom. The zero-order valence-corrected chi connectivity index (χ0v) is 16.3. The third-order valence-electron chi connectivity index (χ3n) is 5.17. The highest BCUT2D eigenvalue weighted by atomic mass is 79.9. The maximum absolute atomic E-state index is 6.37. The van der Waals surface area contributed by atoms with E-state index in [9.17, 15) is 0 Å². The average molecular weight is 392 g/mol. The summed E-state index contributed by atoms with van der Waals surface area (Å²) < 4.78 is 0. The van der Waals surface area contributed by atoms with Crippen molar-refractivity contribution >= 4 is 39.1 Å². The Bertz CT molecular complexity index is 462. The first-order valence-corrected chi connectivity index (χ1v) is 9.64. The molecule has 3 heteroatoms. The molecule has 2 rings (SSSR count). The van der Waals surface area contributed by atoms with Gasteiger partial charge in [-0.1, -0.05) is 66.0 Å². The smallest absolute Gasteiger partial charge is 0.0453 e. The molecule has 0 nitrogen and oxygen atoms in total. The maximum atomic E-state index is 6.37. The van der Waals surface area contributed by atoms with Crippen LogP contribution in [0.5, 0.6) is 0 Å². The molecule has 0 spiro atoms. The van der Waals surface area contributed by atoms with Gasteiger partial charge in [0.25, 0.3) is 0 Å². The molecule has 1 aromatic rings. The molecule has 0 bridgehead atoms. The minimum absolute atomic E-state index is 0.302. The van der Waals surface area contributed by atoms with E-state index in [4.69, 9.17) is 23.2 Å². The Hall–Kier alpha value is 0.280. The Kier molecular flexibility index (Phi) is 5.71. The molecule has 1 saturated carbocycles. The van der Waals surface area contributed by atoms with Crippen molar-refractivity contribution < 1.29 is 0 Å². The molecule has 0 amide bonds. The quantitative estimate of drug-likeness (QED) is 0.479. The highest BCUT2D eigenvalue weighted by molar-refractivity contribution is 9.09. The van der Waals surface area contributed by atoms with Crippen molar-refractivity contribution in [2.75, 3.05) is 5.33 Å². The van der Waals surface area contributed by atoms with Crippen molar-refractivity contribution in [1.82, 2.24) is 0 Å². The van der Waals surface area contributed by atoms with Crippen LogP contribution in [0.4, 0.5) is 0 Å². The van der Waals surface area contributed by atoms with Crippen molar-refractivity contribution in [3.8, 4) is 0 Å². The third-order valence-corrected chi connectivity index (χ3v) is 7.07. The Balaban J connectivity index is 2.14. The van der Waals surface area contributed by atoms with Gasteiger partial charge in [0.15, 0.2) is 0 Å². The van der Waals surface area contributed by atoms with Gasteiger partial charge in [0.05, 0.1) is 0 Å². The van der Waals surface area contributed by atoms with E-state index in [1.54, 1.807) is 0 Å². The molecule has 0 radical (unpaired) electrons. The molecule has 118 valence electrons. The van der Waals surface area contributed by atoms with Crippen molar-refractivity contribution in [1.29, 1.82) is 0 Å². The number of halogens is 3. The van der Waals surface area contributed by atoms with E-state index in [-0.39, 0.29) is 0 Å². The molecule has 0 N–H and O–H groups in total. The Labute approximate surface area is 147 Å². The van der Waals surface area contributed by atoms with Crippen molar-refractivity contribution in [3.05, 3.63) is 33.8 Å². The van der Waals surface area contributed by atoms with Crippen LogP contribution < -0.4 is 0 Å². The lowest BCUT2D eigenvalue weighted by Gasteiger charge is -2.43. The van der Waals surface area contributed by atoms with Crippen LogP contribution in [-0.4, -0.2) is 5.33 Å². The van der Waals surface area contributed by atoms with Crippen molar-refractivity contribution in [2.24, 2.45) is 16.7 Å². The molecule has 1 aliphatic carbocycles. The summed E-state index contributed by atoms with van der Waals surface area (Å²) in [6, 6.07) is 5.82. The second-order valence-electron chi connectivity index (χ2n) is 7.65. The van der Waals surface area contributed by atoms with Gasteiger partial charge in [-0.05, 0) is 66.5 Å². The SMILES string of the molecule is CC(C)(C)C1CCC(CBr)(Cc2c(Cl)cccc2Cl)CC1. The van der Waals surface area contributed by atoms with Crippen molar-refractivity contribution in [2.45, 2.75) is 52.9 Å². The van der Waals surface area contributed by atoms with Crippen LogP contribution in [0, 0.1) is 16.7 Å². The average Bonchev–Trinajstić information content (AvgIpc) is 2.43. The van der Waals surface area contributed by atoms with Gasteiger partial charge in [-0.3, -0.25) is 0 Å². The second-order valence-corrected chi connectivity index (χ2v) is 9.03. The minimum atomic E-state index is 0.302. The normalized spacial score (nSPS) is 26.9. The Morgan fingerprint density at radius 3 is 2.10 bits per heavy atom. The topological polar surface area (TPSA) is 0 Å². The molecule has 0 unspecified atom stereocenters. The molecule has 0 aliphatic heterocycles. The zero-order valence-electron chi connectivity index (χ0n) is 13.2. The van der Waals surface area contributed by atoms with E-state index >= 15 is 0 Å². The van der Waals surface area contributed by atoms with E-state index < -0.39 is 0 Å². The molecule has 0 aromatic heterocycles. The van der Waals surface area contributed by atoms with Gasteiger partial charge in [-0.25, -0.2) is 0 Å². The number of benzene rings is 1. The van der Waals surface area contributed by atoms with Gasteiger partial charge in [0.1, 0.15) is 0 Å². The molecule has 1 aliphatic rings. The molecular formula is C18H25BrCl2. The van der Waals surface area contributed by atoms with E-state index in [1.807, 2.05) is 18.2 Å². The fourth-order valence-electron chi connectivity index (χ4n) is 3.53. The summed E-state index contributed by atoms with van der Waals surface area (Å²) >= 11 is 16.5. The molecular weight excluding hydrogens is 367 g/mol. The highest BCUT2D eigenvalue weighted by Crippen LogP contribution is 2.48. The third kappa shape index (κ3) is 4.18. The van der Waals surface area contributed by atoms with Crippen LogP contribution in [0.1, 0.15) is 52.0 Å². The molecule has 0 heterocycles. The summed E-state index contributed by atoms with van der Waals surface area (Å²) in [5.41, 5.74) is 1.84. The lowest BCUT2D eigenvalue weighted by molar-refractivity contribution is 0.103. The van der Waals surface area contributed by atoms with Gasteiger partial charge in [0, 0.05) is 15.4 Å². The Morgan fingerprint density at radius 1 is 1.14 bits per heavy atom. The zero-order chi connectivity index (χ0) is 15.7. The number of hydrogen-bond acceptors (Lipinski definition) is 0. The maximum Gasteiger partial charge on any atom is 0.0453 e. The van der Waals surface area contributed by atoms with Crippen LogP contribution in [0.15, 0.2) is 18.2 Å². The van der Waals surface area contributed by atoms with Gasteiger partial charge in [-0.2, -0.15) is 0 Å². The van der Waals surface area contributed by atoms with Crippen molar-refractivity contribution in [3.63, 3.8) is 0 Å². The van der Waals surface area contributed by atoms with Gasteiger partial charge >= 0.3 is 0 Å². The van der Waals surface area contributed by atoms with E-state index in [0.29, 0.717) is 10.8 Å². The summed E-state index contributed by atoms with van der Waals surface area (Å²) in [5.74, 6) is 0.825. The predicted octanol–water partition coefficient (Wildman–Crippen LogP) is 7.15. The van der Waals surface area contributed by atoms with Crippen LogP contribution in [-0.2, 0) is 6.42 Å². The fourth-order valence-corrected chi connectivity index (χ4v) is 4.82. The molecule has 1 fully saturated rings. The summed E-state index contributed by atoms with van der Waals surface area (Å²) in [6.07, 6.45) is 6.09. The second kappa shape index (κ2) is 6.81. The first-order valence-electron chi connectivity index (χ1n) is 7.76.